The number of nitrogens with one attached hydrogen (secondary N) is 2. The molecule has 150 valence electrons. The number of para-hydroxylation sites is 1. The summed E-state index contributed by atoms with van der Waals surface area (Å²) in [5, 5.41) is 5.06. The molecule has 1 fully saturated rings. The van der Waals surface area contributed by atoms with Crippen molar-refractivity contribution in [3.05, 3.63) is 53.6 Å². The van der Waals surface area contributed by atoms with E-state index in [2.05, 4.69) is 15.6 Å². The summed E-state index contributed by atoms with van der Waals surface area (Å²) in [5.74, 6) is -1.40. The van der Waals surface area contributed by atoms with E-state index < -0.39 is 28.8 Å². The normalized spacial score (nSPS) is 19.5. The topological polar surface area (TPSA) is 89.3 Å². The van der Waals surface area contributed by atoms with E-state index in [9.17, 15) is 22.4 Å². The van der Waals surface area contributed by atoms with Crippen molar-refractivity contribution in [1.29, 1.82) is 0 Å². The lowest BCUT2D eigenvalue weighted by Crippen LogP contribution is -2.54. The highest BCUT2D eigenvalue weighted by Crippen LogP contribution is 2.37. The Morgan fingerprint density at radius 2 is 2.07 bits per heavy atom. The minimum atomic E-state index is -4.70. The molecule has 10 heteroatoms. The van der Waals surface area contributed by atoms with Gasteiger partial charge in [0.25, 0.3) is 0 Å². The number of carbonyl (C=O) groups excluding carboxylic acids is 1. The predicted octanol–water partition coefficient (Wildman–Crippen LogP) is 2.72. The van der Waals surface area contributed by atoms with Crippen LogP contribution in [0.1, 0.15) is 17.7 Å². The monoisotopic (exact) mass is 398 g/mol. The fourth-order valence-corrected chi connectivity index (χ4v) is 2.74. The van der Waals surface area contributed by atoms with Crippen molar-refractivity contribution in [2.45, 2.75) is 24.7 Å². The molecular weight excluding hydrogens is 380 g/mol. The summed E-state index contributed by atoms with van der Waals surface area (Å²) < 4.78 is 58.2. The number of benzene rings is 1. The fourth-order valence-electron chi connectivity index (χ4n) is 2.74. The predicted molar refractivity (Wildman–Crippen MR) is 93.1 cm³/mol. The van der Waals surface area contributed by atoms with Crippen LogP contribution in [0.4, 0.5) is 28.9 Å². The quantitative estimate of drug-likeness (QED) is 0.674. The van der Waals surface area contributed by atoms with Crippen molar-refractivity contribution in [2.24, 2.45) is 5.73 Å². The molecule has 1 saturated heterocycles. The Kier molecular flexibility index (Phi) is 5.52. The SMILES string of the molecule is NC1(C(=O)NCc2ccc(Nc3c(F)cccc3C(F)(F)F)cn2)CCOC1. The second kappa shape index (κ2) is 7.72. The number of amides is 1. The van der Waals surface area contributed by atoms with Crippen LogP contribution in [-0.4, -0.2) is 29.6 Å². The van der Waals surface area contributed by atoms with Crippen LogP contribution in [0.5, 0.6) is 0 Å². The van der Waals surface area contributed by atoms with E-state index in [1.54, 1.807) is 0 Å². The molecule has 1 aliphatic heterocycles. The molecule has 0 aliphatic carbocycles. The van der Waals surface area contributed by atoms with Crippen LogP contribution in [0.25, 0.3) is 0 Å². The van der Waals surface area contributed by atoms with Crippen LogP contribution >= 0.6 is 0 Å². The largest absolute Gasteiger partial charge is 0.418 e. The number of carbonyl (C=O) groups is 1. The molecular formula is C18H18F4N4O2. The maximum Gasteiger partial charge on any atom is 0.418 e. The fraction of sp³-hybridized carbons (Fsp3) is 0.333. The minimum absolute atomic E-state index is 0.0889. The molecule has 1 aromatic carbocycles. The van der Waals surface area contributed by atoms with E-state index in [4.69, 9.17) is 10.5 Å². The number of hydrogen-bond donors (Lipinski definition) is 3. The molecule has 1 aliphatic rings. The zero-order chi connectivity index (χ0) is 20.4. The molecule has 0 bridgehead atoms. The third-order valence-corrected chi connectivity index (χ3v) is 4.35. The first-order valence-electron chi connectivity index (χ1n) is 8.42. The van der Waals surface area contributed by atoms with E-state index in [0.29, 0.717) is 18.7 Å². The molecule has 1 amide bonds. The van der Waals surface area contributed by atoms with Gasteiger partial charge in [0.15, 0.2) is 0 Å². The van der Waals surface area contributed by atoms with E-state index in [1.807, 2.05) is 0 Å². The third kappa shape index (κ3) is 4.39. The zero-order valence-corrected chi connectivity index (χ0v) is 14.6. The molecule has 6 nitrogen and oxygen atoms in total. The molecule has 1 unspecified atom stereocenters. The van der Waals surface area contributed by atoms with Gasteiger partial charge in [-0.3, -0.25) is 9.78 Å². The average molecular weight is 398 g/mol. The van der Waals surface area contributed by atoms with Gasteiger partial charge in [-0.25, -0.2) is 4.39 Å². The van der Waals surface area contributed by atoms with Crippen molar-refractivity contribution in [1.82, 2.24) is 10.3 Å². The standard InChI is InChI=1S/C18H18F4N4O2/c19-14-3-1-2-13(18(20,21)22)15(14)26-12-5-4-11(24-9-12)8-25-16(27)17(23)6-7-28-10-17/h1-5,9,26H,6-8,10,23H2,(H,25,27). The van der Waals surface area contributed by atoms with Crippen molar-refractivity contribution in [3.63, 3.8) is 0 Å². The van der Waals surface area contributed by atoms with Crippen LogP contribution in [0.2, 0.25) is 0 Å². The van der Waals surface area contributed by atoms with Gasteiger partial charge in [-0.05, 0) is 30.7 Å². The minimum Gasteiger partial charge on any atom is -0.379 e. The van der Waals surface area contributed by atoms with E-state index in [0.717, 1.165) is 18.2 Å². The number of alkyl halides is 3. The van der Waals surface area contributed by atoms with Crippen LogP contribution < -0.4 is 16.4 Å². The number of nitrogens with two attached hydrogens (primary N) is 1. The van der Waals surface area contributed by atoms with Crippen LogP contribution in [-0.2, 0) is 22.3 Å². The van der Waals surface area contributed by atoms with Crippen LogP contribution in [0, 0.1) is 5.82 Å². The second-order valence-corrected chi connectivity index (χ2v) is 6.46. The summed E-state index contributed by atoms with van der Waals surface area (Å²) in [6, 6.07) is 5.67. The first kappa shape index (κ1) is 20.0. The molecule has 1 aromatic heterocycles. The summed E-state index contributed by atoms with van der Waals surface area (Å²) >= 11 is 0. The molecule has 2 heterocycles. The van der Waals surface area contributed by atoms with Gasteiger partial charge in [0.2, 0.25) is 5.91 Å². The highest BCUT2D eigenvalue weighted by molar-refractivity contribution is 5.86. The summed E-state index contributed by atoms with van der Waals surface area (Å²) in [5.41, 5.74) is 3.72. The van der Waals surface area contributed by atoms with Gasteiger partial charge >= 0.3 is 6.18 Å². The summed E-state index contributed by atoms with van der Waals surface area (Å²) in [7, 11) is 0. The Balaban J connectivity index is 1.66. The van der Waals surface area contributed by atoms with Gasteiger partial charge in [0.1, 0.15) is 11.4 Å². The number of halogens is 4. The maximum atomic E-state index is 13.9. The van der Waals surface area contributed by atoms with Crippen molar-refractivity contribution < 1.29 is 27.1 Å². The average Bonchev–Trinajstić information content (AvgIpc) is 3.09. The first-order chi connectivity index (χ1) is 13.2. The molecule has 4 N–H and O–H groups in total. The van der Waals surface area contributed by atoms with Gasteiger partial charge in [-0.2, -0.15) is 13.2 Å². The van der Waals surface area contributed by atoms with Crippen molar-refractivity contribution in [3.8, 4) is 0 Å². The third-order valence-electron chi connectivity index (χ3n) is 4.35. The molecule has 0 saturated carbocycles. The molecule has 28 heavy (non-hydrogen) atoms. The summed E-state index contributed by atoms with van der Waals surface area (Å²) in [4.78, 5) is 16.2. The number of pyridine rings is 1. The maximum absolute atomic E-state index is 13.9. The number of ether oxygens (including phenoxy) is 1. The highest BCUT2D eigenvalue weighted by atomic mass is 19.4. The smallest absolute Gasteiger partial charge is 0.379 e. The lowest BCUT2D eigenvalue weighted by molar-refractivity contribution is -0.137. The lowest BCUT2D eigenvalue weighted by Gasteiger charge is -2.20. The molecule has 1 atom stereocenters. The number of rotatable bonds is 5. The lowest BCUT2D eigenvalue weighted by atomic mass is 9.99. The van der Waals surface area contributed by atoms with Gasteiger partial charge in [-0.15, -0.1) is 0 Å². The number of hydrogen-bond acceptors (Lipinski definition) is 5. The molecule has 2 aromatic rings. The molecule has 3 rings (SSSR count). The van der Waals surface area contributed by atoms with Crippen LogP contribution in [0.3, 0.4) is 0 Å². The van der Waals surface area contributed by atoms with Gasteiger partial charge in [-0.1, -0.05) is 6.07 Å². The van der Waals surface area contributed by atoms with E-state index in [1.165, 1.54) is 18.3 Å². The van der Waals surface area contributed by atoms with Gasteiger partial charge in [0.05, 0.1) is 42.0 Å². The second-order valence-electron chi connectivity index (χ2n) is 6.46. The number of aromatic nitrogens is 1. The van der Waals surface area contributed by atoms with E-state index >= 15 is 0 Å². The Morgan fingerprint density at radius 3 is 2.68 bits per heavy atom. The first-order valence-corrected chi connectivity index (χ1v) is 8.42. The Labute approximate surface area is 158 Å². The van der Waals surface area contributed by atoms with E-state index in [-0.39, 0.29) is 24.7 Å². The van der Waals surface area contributed by atoms with Crippen LogP contribution in [0.15, 0.2) is 36.5 Å². The van der Waals surface area contributed by atoms with Gasteiger partial charge < -0.3 is 21.1 Å². The summed E-state index contributed by atoms with van der Waals surface area (Å²) in [6.45, 7) is 0.642. The molecule has 0 spiro atoms. The Hall–Kier alpha value is -2.72. The molecule has 0 radical (unpaired) electrons. The number of anilines is 2. The number of nitrogens with zero attached hydrogens (tertiary/aromatic N) is 1. The zero-order valence-electron chi connectivity index (χ0n) is 14.6. The van der Waals surface area contributed by atoms with Gasteiger partial charge in [0, 0.05) is 6.61 Å². The summed E-state index contributed by atoms with van der Waals surface area (Å²) in [6.07, 6.45) is -3.03. The highest BCUT2D eigenvalue weighted by Gasteiger charge is 2.38. The van der Waals surface area contributed by atoms with Crippen molar-refractivity contribution in [2.75, 3.05) is 18.5 Å². The van der Waals surface area contributed by atoms with Crippen molar-refractivity contribution >= 4 is 17.3 Å². The Morgan fingerprint density at radius 1 is 1.29 bits per heavy atom. The Bertz CT molecular complexity index is 850.